The van der Waals surface area contributed by atoms with Gasteiger partial charge in [0.1, 0.15) is 17.5 Å². The molecule has 0 aliphatic heterocycles. The van der Waals surface area contributed by atoms with Gasteiger partial charge in [0.15, 0.2) is 6.54 Å². The topological polar surface area (TPSA) is 45.7 Å². The minimum absolute atomic E-state index is 0.0944. The Kier molecular flexibility index (Phi) is 5.55. The van der Waals surface area contributed by atoms with Gasteiger partial charge in [-0.25, -0.2) is 13.2 Å². The SMILES string of the molecule is O=C(C[NH2+]CCc1ccc(F)cc1)Nc1cc(F)ccc1F. The van der Waals surface area contributed by atoms with Crippen LogP contribution in [-0.2, 0) is 11.2 Å². The van der Waals surface area contributed by atoms with Crippen molar-refractivity contribution in [2.24, 2.45) is 0 Å². The molecule has 2 aromatic rings. The highest BCUT2D eigenvalue weighted by Crippen LogP contribution is 2.14. The molecule has 0 atom stereocenters. The Hall–Kier alpha value is -2.34. The van der Waals surface area contributed by atoms with E-state index in [0.717, 1.165) is 23.8 Å². The van der Waals surface area contributed by atoms with E-state index in [9.17, 15) is 18.0 Å². The minimum Gasteiger partial charge on any atom is -0.338 e. The first-order valence-corrected chi connectivity index (χ1v) is 6.85. The summed E-state index contributed by atoms with van der Waals surface area (Å²) in [6, 6.07) is 9.02. The van der Waals surface area contributed by atoms with Gasteiger partial charge >= 0.3 is 0 Å². The fourth-order valence-corrected chi connectivity index (χ4v) is 1.95. The van der Waals surface area contributed by atoms with E-state index < -0.39 is 17.5 Å². The Morgan fingerprint density at radius 3 is 2.41 bits per heavy atom. The normalized spacial score (nSPS) is 10.5. The molecule has 3 N–H and O–H groups in total. The molecule has 1 amide bonds. The van der Waals surface area contributed by atoms with Crippen LogP contribution in [0.2, 0.25) is 0 Å². The second-order valence-electron chi connectivity index (χ2n) is 4.83. The van der Waals surface area contributed by atoms with Crippen LogP contribution >= 0.6 is 0 Å². The number of rotatable bonds is 6. The van der Waals surface area contributed by atoms with Crippen molar-refractivity contribution < 1.29 is 23.3 Å². The number of anilines is 1. The number of halogens is 3. The van der Waals surface area contributed by atoms with Crippen molar-refractivity contribution in [3.63, 3.8) is 0 Å². The van der Waals surface area contributed by atoms with Crippen molar-refractivity contribution in [3.05, 3.63) is 65.5 Å². The molecule has 0 saturated carbocycles. The summed E-state index contributed by atoms with van der Waals surface area (Å²) in [5.41, 5.74) is 0.797. The quantitative estimate of drug-likeness (QED) is 0.786. The predicted octanol–water partition coefficient (Wildman–Crippen LogP) is 1.85. The highest BCUT2D eigenvalue weighted by atomic mass is 19.1. The molecular weight excluding hydrogens is 293 g/mol. The smallest absolute Gasteiger partial charge is 0.279 e. The summed E-state index contributed by atoms with van der Waals surface area (Å²) in [4.78, 5) is 11.7. The number of hydrogen-bond donors (Lipinski definition) is 2. The first kappa shape index (κ1) is 16.0. The van der Waals surface area contributed by atoms with Crippen molar-refractivity contribution in [3.8, 4) is 0 Å². The molecule has 0 radical (unpaired) electrons. The van der Waals surface area contributed by atoms with Crippen molar-refractivity contribution in [1.29, 1.82) is 0 Å². The lowest BCUT2D eigenvalue weighted by molar-refractivity contribution is -0.643. The fourth-order valence-electron chi connectivity index (χ4n) is 1.95. The maximum atomic E-state index is 13.4. The number of carbonyl (C=O) groups is 1. The van der Waals surface area contributed by atoms with E-state index in [2.05, 4.69) is 5.32 Å². The number of nitrogens with two attached hydrogens (primary N) is 1. The van der Waals surface area contributed by atoms with Gasteiger partial charge in [-0.1, -0.05) is 12.1 Å². The summed E-state index contributed by atoms with van der Waals surface area (Å²) in [6.07, 6.45) is 0.682. The second kappa shape index (κ2) is 7.61. The molecule has 0 unspecified atom stereocenters. The van der Waals surface area contributed by atoms with Gasteiger partial charge in [0.2, 0.25) is 0 Å². The summed E-state index contributed by atoms with van der Waals surface area (Å²) in [5.74, 6) is -1.99. The van der Waals surface area contributed by atoms with Gasteiger partial charge in [-0.2, -0.15) is 0 Å². The standard InChI is InChI=1S/C16H15F3N2O/c17-12-3-1-11(2-4-12)7-8-20-10-16(22)21-15-9-13(18)5-6-14(15)19/h1-6,9,20H,7-8,10H2,(H,21,22)/p+1. The van der Waals surface area contributed by atoms with Gasteiger partial charge in [-0.3, -0.25) is 4.79 Å². The molecule has 3 nitrogen and oxygen atoms in total. The van der Waals surface area contributed by atoms with Crippen molar-refractivity contribution >= 4 is 11.6 Å². The van der Waals surface area contributed by atoms with E-state index in [1.807, 2.05) is 0 Å². The number of hydrogen-bond acceptors (Lipinski definition) is 1. The monoisotopic (exact) mass is 309 g/mol. The van der Waals surface area contributed by atoms with E-state index in [1.54, 1.807) is 17.4 Å². The van der Waals surface area contributed by atoms with Crippen LogP contribution < -0.4 is 10.6 Å². The Balaban J connectivity index is 1.74. The Morgan fingerprint density at radius 2 is 1.68 bits per heavy atom. The molecule has 2 rings (SSSR count). The lowest BCUT2D eigenvalue weighted by atomic mass is 10.1. The Morgan fingerprint density at radius 1 is 1.00 bits per heavy atom. The third kappa shape index (κ3) is 4.89. The van der Waals surface area contributed by atoms with Gasteiger partial charge in [0, 0.05) is 12.5 Å². The molecule has 6 heteroatoms. The molecule has 0 aliphatic rings. The van der Waals surface area contributed by atoms with Gasteiger partial charge < -0.3 is 10.6 Å². The van der Waals surface area contributed by atoms with Crippen molar-refractivity contribution in [2.75, 3.05) is 18.4 Å². The van der Waals surface area contributed by atoms with E-state index in [0.29, 0.717) is 13.0 Å². The summed E-state index contributed by atoms with van der Waals surface area (Å²) in [5, 5.41) is 4.07. The lowest BCUT2D eigenvalue weighted by Crippen LogP contribution is -2.86. The van der Waals surface area contributed by atoms with E-state index in [-0.39, 0.29) is 18.0 Å². The molecule has 116 valence electrons. The maximum Gasteiger partial charge on any atom is 0.279 e. The highest BCUT2D eigenvalue weighted by Gasteiger charge is 2.09. The largest absolute Gasteiger partial charge is 0.338 e. The third-order valence-electron chi connectivity index (χ3n) is 3.08. The highest BCUT2D eigenvalue weighted by molar-refractivity contribution is 5.91. The van der Waals surface area contributed by atoms with Crippen LogP contribution in [0.4, 0.5) is 18.9 Å². The fraction of sp³-hybridized carbons (Fsp3) is 0.188. The summed E-state index contributed by atoms with van der Waals surface area (Å²) >= 11 is 0. The van der Waals surface area contributed by atoms with E-state index >= 15 is 0 Å². The molecule has 22 heavy (non-hydrogen) atoms. The van der Waals surface area contributed by atoms with Crippen LogP contribution in [0.1, 0.15) is 5.56 Å². The van der Waals surface area contributed by atoms with Gasteiger partial charge in [-0.05, 0) is 29.8 Å². The van der Waals surface area contributed by atoms with Gasteiger partial charge in [-0.15, -0.1) is 0 Å². The second-order valence-corrected chi connectivity index (χ2v) is 4.83. The van der Waals surface area contributed by atoms with Crippen LogP contribution in [0.25, 0.3) is 0 Å². The Bertz CT molecular complexity index is 644. The number of carbonyl (C=O) groups excluding carboxylic acids is 1. The van der Waals surface area contributed by atoms with E-state index in [4.69, 9.17) is 0 Å². The van der Waals surface area contributed by atoms with Crippen LogP contribution in [-0.4, -0.2) is 19.0 Å². The Labute approximate surface area is 126 Å². The van der Waals surface area contributed by atoms with Crippen LogP contribution in [0, 0.1) is 17.5 Å². The molecule has 0 fully saturated rings. The van der Waals surface area contributed by atoms with Crippen LogP contribution in [0.3, 0.4) is 0 Å². The molecule has 0 aliphatic carbocycles. The number of quaternary nitrogens is 1. The zero-order valence-electron chi connectivity index (χ0n) is 11.8. The maximum absolute atomic E-state index is 13.4. The first-order chi connectivity index (χ1) is 10.5. The summed E-state index contributed by atoms with van der Waals surface area (Å²) in [7, 11) is 0. The number of nitrogens with one attached hydrogen (secondary N) is 1. The average Bonchev–Trinajstić information content (AvgIpc) is 2.49. The predicted molar refractivity (Wildman–Crippen MR) is 76.8 cm³/mol. The number of benzene rings is 2. The molecule has 0 bridgehead atoms. The molecule has 0 aromatic heterocycles. The molecular formula is C16H16F3N2O+. The van der Waals surface area contributed by atoms with E-state index in [1.165, 1.54) is 12.1 Å². The summed E-state index contributed by atoms with van der Waals surface area (Å²) < 4.78 is 39.0. The van der Waals surface area contributed by atoms with Crippen molar-refractivity contribution in [2.45, 2.75) is 6.42 Å². The van der Waals surface area contributed by atoms with Gasteiger partial charge in [0.25, 0.3) is 5.91 Å². The van der Waals surface area contributed by atoms with Crippen LogP contribution in [0.15, 0.2) is 42.5 Å². The first-order valence-electron chi connectivity index (χ1n) is 6.85. The average molecular weight is 309 g/mol. The zero-order valence-corrected chi connectivity index (χ0v) is 11.8. The van der Waals surface area contributed by atoms with Crippen molar-refractivity contribution in [1.82, 2.24) is 0 Å². The molecule has 0 heterocycles. The molecule has 0 saturated heterocycles. The zero-order chi connectivity index (χ0) is 15.9. The minimum atomic E-state index is -0.680. The van der Waals surface area contributed by atoms with Gasteiger partial charge in [0.05, 0.1) is 12.2 Å². The lowest BCUT2D eigenvalue weighted by Gasteiger charge is -2.06. The molecule has 0 spiro atoms. The van der Waals surface area contributed by atoms with Crippen LogP contribution in [0.5, 0.6) is 0 Å². The molecule has 2 aromatic carbocycles. The number of amides is 1. The summed E-state index contributed by atoms with van der Waals surface area (Å²) in [6.45, 7) is 0.724. The third-order valence-corrected chi connectivity index (χ3v) is 3.08.